The summed E-state index contributed by atoms with van der Waals surface area (Å²) in [6.07, 6.45) is 3.03. The van der Waals surface area contributed by atoms with Crippen LogP contribution in [0, 0.1) is 19.8 Å². The quantitative estimate of drug-likeness (QED) is 0.809. The molecule has 1 aromatic carbocycles. The van der Waals surface area contributed by atoms with Gasteiger partial charge in [0.2, 0.25) is 5.91 Å². The number of carbonyl (C=O) groups excluding carboxylic acids is 1. The number of rotatable bonds is 2. The Labute approximate surface area is 97.1 Å². The van der Waals surface area contributed by atoms with Gasteiger partial charge in [-0.2, -0.15) is 0 Å². The van der Waals surface area contributed by atoms with E-state index in [0.29, 0.717) is 0 Å². The second-order valence-corrected chi connectivity index (χ2v) is 4.76. The van der Waals surface area contributed by atoms with Crippen LogP contribution in [0.5, 0.6) is 0 Å². The first kappa shape index (κ1) is 11.2. The highest BCUT2D eigenvalue weighted by molar-refractivity contribution is 5.79. The number of carbonyl (C=O) groups is 1. The maximum atomic E-state index is 11.7. The van der Waals surface area contributed by atoms with Gasteiger partial charge in [0.15, 0.2) is 0 Å². The molecule has 1 N–H and O–H groups in total. The Hall–Kier alpha value is -1.31. The van der Waals surface area contributed by atoms with Gasteiger partial charge in [-0.15, -0.1) is 0 Å². The molecule has 0 aliphatic carbocycles. The lowest BCUT2D eigenvalue weighted by Gasteiger charge is -2.22. The third-order valence-corrected chi connectivity index (χ3v) is 3.37. The summed E-state index contributed by atoms with van der Waals surface area (Å²) in [4.78, 5) is 11.7. The van der Waals surface area contributed by atoms with E-state index in [4.69, 9.17) is 0 Å². The van der Waals surface area contributed by atoms with Crippen molar-refractivity contribution in [3.63, 3.8) is 0 Å². The molecule has 1 heterocycles. The topological polar surface area (TPSA) is 29.1 Å². The molecule has 0 bridgehead atoms. The Morgan fingerprint density at radius 2 is 2.19 bits per heavy atom. The normalized spacial score (nSPS) is 20.6. The number of hydrogen-bond donors (Lipinski definition) is 1. The number of nitrogens with one attached hydrogen (secondary N) is 1. The molecule has 1 aliphatic heterocycles. The molecule has 0 spiro atoms. The molecule has 2 rings (SSSR count). The summed E-state index contributed by atoms with van der Waals surface area (Å²) in [5, 5.41) is 2.95. The van der Waals surface area contributed by atoms with Gasteiger partial charge in [0, 0.05) is 12.5 Å². The molecule has 2 heteroatoms. The van der Waals surface area contributed by atoms with Gasteiger partial charge in [0.25, 0.3) is 0 Å². The highest BCUT2D eigenvalue weighted by atomic mass is 16.1. The summed E-state index contributed by atoms with van der Waals surface area (Å²) in [5.41, 5.74) is 3.89. The molecule has 1 unspecified atom stereocenters. The zero-order chi connectivity index (χ0) is 11.5. The van der Waals surface area contributed by atoms with Crippen molar-refractivity contribution >= 4 is 5.91 Å². The smallest absolute Gasteiger partial charge is 0.223 e. The summed E-state index contributed by atoms with van der Waals surface area (Å²) in [7, 11) is 0. The van der Waals surface area contributed by atoms with E-state index < -0.39 is 0 Å². The van der Waals surface area contributed by atoms with E-state index in [0.717, 1.165) is 25.8 Å². The first-order chi connectivity index (χ1) is 7.66. The lowest BCUT2D eigenvalue weighted by Crippen LogP contribution is -2.37. The van der Waals surface area contributed by atoms with Crippen molar-refractivity contribution in [3.8, 4) is 0 Å². The second-order valence-electron chi connectivity index (χ2n) is 4.76. The van der Waals surface area contributed by atoms with Gasteiger partial charge in [-0.3, -0.25) is 4.79 Å². The zero-order valence-electron chi connectivity index (χ0n) is 10.0. The molecule has 2 nitrogen and oxygen atoms in total. The molecule has 1 aliphatic rings. The Bertz CT molecular complexity index is 398. The number of benzene rings is 1. The van der Waals surface area contributed by atoms with Crippen molar-refractivity contribution in [1.82, 2.24) is 5.32 Å². The van der Waals surface area contributed by atoms with Gasteiger partial charge in [-0.1, -0.05) is 23.8 Å². The fourth-order valence-electron chi connectivity index (χ4n) is 2.32. The van der Waals surface area contributed by atoms with Crippen LogP contribution in [-0.2, 0) is 11.2 Å². The van der Waals surface area contributed by atoms with E-state index in [1.165, 1.54) is 16.7 Å². The SMILES string of the molecule is Cc1ccc(C)c(CC2CCCNC2=O)c1. The van der Waals surface area contributed by atoms with Gasteiger partial charge < -0.3 is 5.32 Å². The van der Waals surface area contributed by atoms with E-state index in [9.17, 15) is 4.79 Å². The fraction of sp³-hybridized carbons (Fsp3) is 0.500. The van der Waals surface area contributed by atoms with Crippen molar-refractivity contribution < 1.29 is 4.79 Å². The largest absolute Gasteiger partial charge is 0.356 e. The molecule has 1 atom stereocenters. The first-order valence-corrected chi connectivity index (χ1v) is 6.00. The van der Waals surface area contributed by atoms with E-state index in [1.807, 2.05) is 0 Å². The Balaban J connectivity index is 2.13. The van der Waals surface area contributed by atoms with Gasteiger partial charge >= 0.3 is 0 Å². The number of piperidine rings is 1. The number of hydrogen-bond acceptors (Lipinski definition) is 1. The predicted molar refractivity (Wildman–Crippen MR) is 65.4 cm³/mol. The summed E-state index contributed by atoms with van der Waals surface area (Å²) >= 11 is 0. The molecule has 1 saturated heterocycles. The van der Waals surface area contributed by atoms with Crippen LogP contribution in [0.2, 0.25) is 0 Å². The summed E-state index contributed by atoms with van der Waals surface area (Å²) in [6, 6.07) is 6.47. The van der Waals surface area contributed by atoms with E-state index in [2.05, 4.69) is 37.4 Å². The Morgan fingerprint density at radius 1 is 1.38 bits per heavy atom. The van der Waals surface area contributed by atoms with E-state index >= 15 is 0 Å². The lowest BCUT2D eigenvalue weighted by atomic mass is 9.89. The van der Waals surface area contributed by atoms with Gasteiger partial charge in [0.1, 0.15) is 0 Å². The highest BCUT2D eigenvalue weighted by Crippen LogP contribution is 2.20. The van der Waals surface area contributed by atoms with Crippen molar-refractivity contribution in [1.29, 1.82) is 0 Å². The van der Waals surface area contributed by atoms with E-state index in [-0.39, 0.29) is 11.8 Å². The average Bonchev–Trinajstić information content (AvgIpc) is 2.27. The minimum absolute atomic E-state index is 0.175. The van der Waals surface area contributed by atoms with Crippen LogP contribution in [0.15, 0.2) is 18.2 Å². The van der Waals surface area contributed by atoms with Gasteiger partial charge in [-0.25, -0.2) is 0 Å². The Kier molecular flexibility index (Phi) is 3.28. The lowest BCUT2D eigenvalue weighted by molar-refractivity contribution is -0.126. The molecule has 86 valence electrons. The van der Waals surface area contributed by atoms with Gasteiger partial charge in [0.05, 0.1) is 0 Å². The first-order valence-electron chi connectivity index (χ1n) is 6.00. The average molecular weight is 217 g/mol. The molecule has 1 fully saturated rings. The third kappa shape index (κ3) is 2.43. The monoisotopic (exact) mass is 217 g/mol. The van der Waals surface area contributed by atoms with Crippen LogP contribution in [0.1, 0.15) is 29.5 Å². The predicted octanol–water partition coefficient (Wildman–Crippen LogP) is 2.37. The molecule has 1 amide bonds. The second kappa shape index (κ2) is 4.69. The van der Waals surface area contributed by atoms with E-state index in [1.54, 1.807) is 0 Å². The molecular formula is C14H19NO. The number of amides is 1. The van der Waals surface area contributed by atoms with Crippen LogP contribution < -0.4 is 5.32 Å². The minimum atomic E-state index is 0.175. The Morgan fingerprint density at radius 3 is 2.94 bits per heavy atom. The highest BCUT2D eigenvalue weighted by Gasteiger charge is 2.22. The maximum absolute atomic E-state index is 11.7. The summed E-state index contributed by atoms with van der Waals surface area (Å²) in [6.45, 7) is 5.07. The minimum Gasteiger partial charge on any atom is -0.356 e. The zero-order valence-corrected chi connectivity index (χ0v) is 10.0. The van der Waals surface area contributed by atoms with Gasteiger partial charge in [-0.05, 0) is 44.2 Å². The van der Waals surface area contributed by atoms with Crippen LogP contribution >= 0.6 is 0 Å². The molecular weight excluding hydrogens is 198 g/mol. The van der Waals surface area contributed by atoms with Crippen LogP contribution in [0.4, 0.5) is 0 Å². The maximum Gasteiger partial charge on any atom is 0.223 e. The van der Waals surface area contributed by atoms with Crippen molar-refractivity contribution in [2.24, 2.45) is 5.92 Å². The molecule has 0 radical (unpaired) electrons. The van der Waals surface area contributed by atoms with Crippen molar-refractivity contribution in [2.45, 2.75) is 33.1 Å². The third-order valence-electron chi connectivity index (χ3n) is 3.37. The number of aryl methyl sites for hydroxylation is 2. The van der Waals surface area contributed by atoms with Crippen LogP contribution in [-0.4, -0.2) is 12.5 Å². The molecule has 0 aromatic heterocycles. The fourth-order valence-corrected chi connectivity index (χ4v) is 2.32. The standard InChI is InChI=1S/C14H19NO/c1-10-5-6-11(2)13(8-10)9-12-4-3-7-15-14(12)16/h5-6,8,12H,3-4,7,9H2,1-2H3,(H,15,16). The van der Waals surface area contributed by atoms with Crippen LogP contribution in [0.25, 0.3) is 0 Å². The van der Waals surface area contributed by atoms with Crippen molar-refractivity contribution in [3.05, 3.63) is 34.9 Å². The molecule has 16 heavy (non-hydrogen) atoms. The molecule has 1 aromatic rings. The summed E-state index contributed by atoms with van der Waals surface area (Å²) < 4.78 is 0. The van der Waals surface area contributed by atoms with Crippen molar-refractivity contribution in [2.75, 3.05) is 6.54 Å². The molecule has 0 saturated carbocycles. The summed E-state index contributed by atoms with van der Waals surface area (Å²) in [5.74, 6) is 0.404. The van der Waals surface area contributed by atoms with Crippen LogP contribution in [0.3, 0.4) is 0 Å².